The van der Waals surface area contributed by atoms with Gasteiger partial charge in [0.15, 0.2) is 5.17 Å². The lowest BCUT2D eigenvalue weighted by molar-refractivity contribution is -0.126. The van der Waals surface area contributed by atoms with E-state index in [0.717, 1.165) is 26.3 Å². The second kappa shape index (κ2) is 8.28. The maximum Gasteiger partial charge on any atom is 0.233 e. The molecule has 3 aromatic carbocycles. The highest BCUT2D eigenvalue weighted by molar-refractivity contribution is 9.10. The number of carbonyl (C=O) groups is 1. The van der Waals surface area contributed by atoms with Crippen molar-refractivity contribution in [2.75, 3.05) is 13.1 Å². The summed E-state index contributed by atoms with van der Waals surface area (Å²) in [5.41, 5.74) is 2.29. The molecule has 4 rings (SSSR count). The molecule has 0 spiro atoms. The van der Waals surface area contributed by atoms with Crippen molar-refractivity contribution in [2.24, 2.45) is 4.99 Å². The number of nitrogens with zero attached hydrogens (tertiary/aromatic N) is 2. The van der Waals surface area contributed by atoms with Gasteiger partial charge in [0.1, 0.15) is 0 Å². The summed E-state index contributed by atoms with van der Waals surface area (Å²) in [5.74, 6) is 0.926. The zero-order valence-corrected chi connectivity index (χ0v) is 17.2. The molecule has 0 aliphatic carbocycles. The van der Waals surface area contributed by atoms with Crippen LogP contribution in [0.2, 0.25) is 0 Å². The van der Waals surface area contributed by atoms with Crippen molar-refractivity contribution in [3.63, 3.8) is 0 Å². The van der Waals surface area contributed by atoms with Gasteiger partial charge in [-0.3, -0.25) is 14.7 Å². The lowest BCUT2D eigenvalue weighted by Gasteiger charge is -2.18. The molecule has 0 atom stereocenters. The highest BCUT2D eigenvalue weighted by atomic mass is 79.9. The Labute approximate surface area is 171 Å². The maximum atomic E-state index is 13.0. The van der Waals surface area contributed by atoms with E-state index in [-0.39, 0.29) is 5.91 Å². The molecule has 1 heterocycles. The Kier molecular flexibility index (Phi) is 5.60. The molecule has 3 nitrogen and oxygen atoms in total. The number of halogens is 1. The van der Waals surface area contributed by atoms with Crippen LogP contribution in [0.25, 0.3) is 10.8 Å². The molecule has 0 unspecified atom stereocenters. The molecule has 0 saturated carbocycles. The minimum Gasteiger partial charge on any atom is -0.289 e. The van der Waals surface area contributed by atoms with Gasteiger partial charge in [-0.15, -0.1) is 0 Å². The summed E-state index contributed by atoms with van der Waals surface area (Å²) in [6.07, 6.45) is 0.402. The number of aliphatic imine (C=N–C) groups is 1. The van der Waals surface area contributed by atoms with Gasteiger partial charge in [-0.25, -0.2) is 0 Å². The molecule has 0 radical (unpaired) electrons. The van der Waals surface area contributed by atoms with E-state index in [0.29, 0.717) is 19.5 Å². The third-order valence-corrected chi connectivity index (χ3v) is 6.22. The predicted octanol–water partition coefficient (Wildman–Crippen LogP) is 5.28. The van der Waals surface area contributed by atoms with Gasteiger partial charge >= 0.3 is 0 Å². The molecule has 1 aliphatic rings. The summed E-state index contributed by atoms with van der Waals surface area (Å²) in [6.45, 7) is 1.36. The average molecular weight is 439 g/mol. The number of carbonyl (C=O) groups excluding carboxylic acids is 1. The SMILES string of the molecule is O=C(Cc1cccc2ccccc12)N1CCN=C1SCc1ccc(Br)cc1. The lowest BCUT2D eigenvalue weighted by Crippen LogP contribution is -2.34. The van der Waals surface area contributed by atoms with Gasteiger partial charge in [0, 0.05) is 16.8 Å². The molecule has 0 aromatic heterocycles. The Morgan fingerprint density at radius 3 is 2.67 bits per heavy atom. The number of hydrogen-bond acceptors (Lipinski definition) is 3. The first-order valence-corrected chi connectivity index (χ1v) is 10.7. The van der Waals surface area contributed by atoms with Crippen molar-refractivity contribution in [3.8, 4) is 0 Å². The molecule has 136 valence electrons. The number of hydrogen-bond donors (Lipinski definition) is 0. The van der Waals surface area contributed by atoms with Crippen molar-refractivity contribution < 1.29 is 4.79 Å². The molecule has 27 heavy (non-hydrogen) atoms. The Bertz CT molecular complexity index is 995. The van der Waals surface area contributed by atoms with Crippen LogP contribution in [0.15, 0.2) is 76.2 Å². The van der Waals surface area contributed by atoms with Crippen molar-refractivity contribution in [1.29, 1.82) is 0 Å². The summed E-state index contributed by atoms with van der Waals surface area (Å²) in [4.78, 5) is 19.3. The van der Waals surface area contributed by atoms with Crippen molar-refractivity contribution in [2.45, 2.75) is 12.2 Å². The van der Waals surface area contributed by atoms with Gasteiger partial charge in [0.05, 0.1) is 13.0 Å². The Balaban J connectivity index is 1.45. The van der Waals surface area contributed by atoms with E-state index in [1.165, 1.54) is 10.9 Å². The third kappa shape index (κ3) is 4.25. The number of rotatable bonds is 4. The zero-order chi connectivity index (χ0) is 18.6. The quantitative estimate of drug-likeness (QED) is 0.555. The Hall–Kier alpha value is -2.11. The largest absolute Gasteiger partial charge is 0.289 e. The molecule has 5 heteroatoms. The van der Waals surface area contributed by atoms with E-state index in [2.05, 4.69) is 51.3 Å². The summed E-state index contributed by atoms with van der Waals surface area (Å²) < 4.78 is 1.07. The lowest BCUT2D eigenvalue weighted by atomic mass is 10.0. The molecule has 1 amide bonds. The number of amidine groups is 1. The van der Waals surface area contributed by atoms with E-state index >= 15 is 0 Å². The summed E-state index contributed by atoms with van der Waals surface area (Å²) in [6, 6.07) is 22.6. The number of thioether (sulfide) groups is 1. The van der Waals surface area contributed by atoms with E-state index < -0.39 is 0 Å². The zero-order valence-electron chi connectivity index (χ0n) is 14.8. The van der Waals surface area contributed by atoms with Crippen LogP contribution in [0.3, 0.4) is 0 Å². The van der Waals surface area contributed by atoms with Gasteiger partial charge in [0.2, 0.25) is 5.91 Å². The summed E-state index contributed by atoms with van der Waals surface area (Å²) >= 11 is 5.09. The second-order valence-electron chi connectivity index (χ2n) is 6.44. The fraction of sp³-hybridized carbons (Fsp3) is 0.182. The van der Waals surface area contributed by atoms with Crippen molar-refractivity contribution >= 4 is 49.5 Å². The van der Waals surface area contributed by atoms with Crippen LogP contribution in [0.1, 0.15) is 11.1 Å². The number of fused-ring (bicyclic) bond motifs is 1. The molecule has 1 aliphatic heterocycles. The molecule has 3 aromatic rings. The Morgan fingerprint density at radius 1 is 1.04 bits per heavy atom. The monoisotopic (exact) mass is 438 g/mol. The first kappa shape index (κ1) is 18.3. The second-order valence-corrected chi connectivity index (χ2v) is 8.30. The summed E-state index contributed by atoms with van der Waals surface area (Å²) in [7, 11) is 0. The van der Waals surface area contributed by atoms with E-state index in [9.17, 15) is 4.79 Å². The molecule has 0 N–H and O–H groups in total. The predicted molar refractivity (Wildman–Crippen MR) is 117 cm³/mol. The van der Waals surface area contributed by atoms with Gasteiger partial charge in [-0.2, -0.15) is 0 Å². The normalized spacial score (nSPS) is 13.8. The van der Waals surface area contributed by atoms with E-state index in [4.69, 9.17) is 0 Å². The van der Waals surface area contributed by atoms with E-state index in [1.807, 2.05) is 41.3 Å². The third-order valence-electron chi connectivity index (χ3n) is 4.61. The number of benzene rings is 3. The van der Waals surface area contributed by atoms with Crippen LogP contribution < -0.4 is 0 Å². The van der Waals surface area contributed by atoms with Crippen molar-refractivity contribution in [3.05, 3.63) is 82.3 Å². The maximum absolute atomic E-state index is 13.0. The molecular weight excluding hydrogens is 420 g/mol. The van der Waals surface area contributed by atoms with Gasteiger partial charge in [0.25, 0.3) is 0 Å². The first-order chi connectivity index (χ1) is 13.2. The smallest absolute Gasteiger partial charge is 0.233 e. The summed E-state index contributed by atoms with van der Waals surface area (Å²) in [5, 5.41) is 3.15. The van der Waals surface area contributed by atoms with Gasteiger partial charge in [-0.05, 0) is 34.0 Å². The standard InChI is InChI=1S/C22H19BrN2OS/c23-19-10-8-16(9-11-19)15-27-22-24-12-13-25(22)21(26)14-18-6-3-5-17-4-1-2-7-20(17)18/h1-11H,12-15H2. The van der Waals surface area contributed by atoms with Crippen LogP contribution >= 0.6 is 27.7 Å². The minimum atomic E-state index is 0.117. The van der Waals surface area contributed by atoms with Crippen LogP contribution in [0.4, 0.5) is 0 Å². The highest BCUT2D eigenvalue weighted by Gasteiger charge is 2.24. The fourth-order valence-corrected chi connectivity index (χ4v) is 4.50. The molecular formula is C22H19BrN2OS. The van der Waals surface area contributed by atoms with Gasteiger partial charge < -0.3 is 0 Å². The average Bonchev–Trinajstić information content (AvgIpc) is 3.17. The molecule has 0 saturated heterocycles. The van der Waals surface area contributed by atoms with E-state index in [1.54, 1.807) is 11.8 Å². The molecule has 0 bridgehead atoms. The fourth-order valence-electron chi connectivity index (χ4n) is 3.22. The van der Waals surface area contributed by atoms with Crippen LogP contribution in [-0.2, 0) is 17.0 Å². The van der Waals surface area contributed by atoms with Crippen LogP contribution in [0, 0.1) is 0 Å². The van der Waals surface area contributed by atoms with Crippen LogP contribution in [0.5, 0.6) is 0 Å². The number of amides is 1. The first-order valence-electron chi connectivity index (χ1n) is 8.89. The highest BCUT2D eigenvalue weighted by Crippen LogP contribution is 2.23. The minimum absolute atomic E-state index is 0.117. The Morgan fingerprint density at radius 2 is 1.81 bits per heavy atom. The van der Waals surface area contributed by atoms with Gasteiger partial charge in [-0.1, -0.05) is 82.3 Å². The van der Waals surface area contributed by atoms with Crippen LogP contribution in [-0.4, -0.2) is 29.1 Å². The molecule has 0 fully saturated rings. The van der Waals surface area contributed by atoms with Crippen molar-refractivity contribution in [1.82, 2.24) is 4.90 Å². The topological polar surface area (TPSA) is 32.7 Å².